The Morgan fingerprint density at radius 1 is 1.10 bits per heavy atom. The van der Waals surface area contributed by atoms with Crippen LogP contribution < -0.4 is 25.8 Å². The number of carbonyl (C=O) groups excluding carboxylic acids is 1. The first-order valence-electron chi connectivity index (χ1n) is 10.3. The van der Waals surface area contributed by atoms with Crippen molar-refractivity contribution in [2.24, 2.45) is 16.6 Å². The second-order valence-corrected chi connectivity index (χ2v) is 7.36. The van der Waals surface area contributed by atoms with E-state index in [2.05, 4.69) is 21.7 Å². The standard InChI is InChI=1S/C23H30N4O3.HI/c1-25-23(26-13-12-17-8-10-20(11-9-17)29-16-22(24)28)27-14-19-4-2-3-5-21(19)30-15-18-6-7-18;/h2-5,8-11,18H,6-7,12-16H2,1H3,(H2,24,28)(H2,25,26,27);1H. The van der Waals surface area contributed by atoms with Gasteiger partial charge in [0.1, 0.15) is 11.5 Å². The molecule has 0 heterocycles. The number of rotatable bonds is 11. The van der Waals surface area contributed by atoms with Gasteiger partial charge in [-0.05, 0) is 48.9 Å². The van der Waals surface area contributed by atoms with Gasteiger partial charge < -0.3 is 25.8 Å². The van der Waals surface area contributed by atoms with Gasteiger partial charge in [0.05, 0.1) is 6.61 Å². The molecule has 0 saturated heterocycles. The lowest BCUT2D eigenvalue weighted by molar-refractivity contribution is -0.119. The zero-order chi connectivity index (χ0) is 21.2. The molecule has 3 rings (SSSR count). The first-order chi connectivity index (χ1) is 14.6. The largest absolute Gasteiger partial charge is 0.493 e. The molecule has 0 unspecified atom stereocenters. The average Bonchev–Trinajstić information content (AvgIpc) is 3.59. The fourth-order valence-corrected chi connectivity index (χ4v) is 2.91. The molecule has 8 heteroatoms. The number of benzene rings is 2. The third-order valence-electron chi connectivity index (χ3n) is 4.82. The van der Waals surface area contributed by atoms with E-state index in [1.165, 1.54) is 12.8 Å². The van der Waals surface area contributed by atoms with Crippen LogP contribution in [0.1, 0.15) is 24.0 Å². The van der Waals surface area contributed by atoms with Gasteiger partial charge in [-0.2, -0.15) is 0 Å². The van der Waals surface area contributed by atoms with Gasteiger partial charge in [0.2, 0.25) is 0 Å². The normalized spacial score (nSPS) is 13.1. The third-order valence-corrected chi connectivity index (χ3v) is 4.82. The van der Waals surface area contributed by atoms with Crippen molar-refractivity contribution in [3.8, 4) is 11.5 Å². The molecule has 2 aromatic rings. The maximum Gasteiger partial charge on any atom is 0.255 e. The van der Waals surface area contributed by atoms with E-state index in [9.17, 15) is 4.79 Å². The molecule has 4 N–H and O–H groups in total. The van der Waals surface area contributed by atoms with Gasteiger partial charge in [-0.1, -0.05) is 30.3 Å². The molecular weight excluding hydrogens is 507 g/mol. The predicted octanol–water partition coefficient (Wildman–Crippen LogP) is 2.87. The number of para-hydroxylation sites is 1. The number of amides is 1. The van der Waals surface area contributed by atoms with Crippen LogP contribution in [0.2, 0.25) is 0 Å². The second-order valence-electron chi connectivity index (χ2n) is 7.36. The van der Waals surface area contributed by atoms with Crippen LogP contribution in [0.3, 0.4) is 0 Å². The van der Waals surface area contributed by atoms with Crippen molar-refractivity contribution in [2.75, 3.05) is 26.8 Å². The highest BCUT2D eigenvalue weighted by Gasteiger charge is 2.22. The highest BCUT2D eigenvalue weighted by Crippen LogP contribution is 2.30. The van der Waals surface area contributed by atoms with Gasteiger partial charge >= 0.3 is 0 Å². The zero-order valence-corrected chi connectivity index (χ0v) is 20.1. The Labute approximate surface area is 200 Å². The van der Waals surface area contributed by atoms with E-state index in [-0.39, 0.29) is 30.6 Å². The molecule has 1 aliphatic carbocycles. The minimum absolute atomic E-state index is 0. The lowest BCUT2D eigenvalue weighted by atomic mass is 10.1. The van der Waals surface area contributed by atoms with Crippen LogP contribution in [0.5, 0.6) is 11.5 Å². The first kappa shape index (κ1) is 24.8. The van der Waals surface area contributed by atoms with Gasteiger partial charge in [-0.15, -0.1) is 24.0 Å². The number of guanidine groups is 1. The Morgan fingerprint density at radius 3 is 2.52 bits per heavy atom. The fraction of sp³-hybridized carbons (Fsp3) is 0.391. The monoisotopic (exact) mass is 538 g/mol. The van der Waals surface area contributed by atoms with Crippen LogP contribution in [0.4, 0.5) is 0 Å². The Hall–Kier alpha value is -2.49. The summed E-state index contributed by atoms with van der Waals surface area (Å²) in [5.41, 5.74) is 7.35. The lowest BCUT2D eigenvalue weighted by Crippen LogP contribution is -2.37. The topological polar surface area (TPSA) is 98.0 Å². The Balaban J connectivity index is 0.00000341. The van der Waals surface area contributed by atoms with Gasteiger partial charge in [-0.3, -0.25) is 9.79 Å². The summed E-state index contributed by atoms with van der Waals surface area (Å²) in [6.45, 7) is 2.07. The predicted molar refractivity (Wildman–Crippen MR) is 133 cm³/mol. The number of aliphatic imine (C=N–C) groups is 1. The first-order valence-corrected chi connectivity index (χ1v) is 10.3. The molecule has 2 aromatic carbocycles. The van der Waals surface area contributed by atoms with E-state index in [4.69, 9.17) is 15.2 Å². The van der Waals surface area contributed by atoms with E-state index in [1.54, 1.807) is 7.05 Å². The van der Waals surface area contributed by atoms with E-state index < -0.39 is 5.91 Å². The molecule has 0 spiro atoms. The molecule has 1 amide bonds. The molecular formula is C23H31IN4O3. The number of carbonyl (C=O) groups is 1. The van der Waals surface area contributed by atoms with Crippen molar-refractivity contribution in [2.45, 2.75) is 25.8 Å². The van der Waals surface area contributed by atoms with E-state index in [0.717, 1.165) is 48.3 Å². The number of nitrogens with zero attached hydrogens (tertiary/aromatic N) is 1. The number of nitrogens with one attached hydrogen (secondary N) is 2. The van der Waals surface area contributed by atoms with Crippen LogP contribution in [0.25, 0.3) is 0 Å². The summed E-state index contributed by atoms with van der Waals surface area (Å²) < 4.78 is 11.2. The Bertz CT molecular complexity index is 854. The molecule has 1 saturated carbocycles. The number of primary amides is 1. The van der Waals surface area contributed by atoms with E-state index in [0.29, 0.717) is 12.3 Å². The zero-order valence-electron chi connectivity index (χ0n) is 17.8. The van der Waals surface area contributed by atoms with Crippen LogP contribution in [0, 0.1) is 5.92 Å². The molecule has 0 atom stereocenters. The van der Waals surface area contributed by atoms with Crippen molar-refractivity contribution < 1.29 is 14.3 Å². The van der Waals surface area contributed by atoms with E-state index in [1.807, 2.05) is 42.5 Å². The molecule has 0 aliphatic heterocycles. The highest BCUT2D eigenvalue weighted by molar-refractivity contribution is 14.0. The highest BCUT2D eigenvalue weighted by atomic mass is 127. The van der Waals surface area contributed by atoms with Crippen molar-refractivity contribution in [1.29, 1.82) is 0 Å². The van der Waals surface area contributed by atoms with Crippen LogP contribution >= 0.6 is 24.0 Å². The van der Waals surface area contributed by atoms with Crippen molar-refractivity contribution in [3.05, 3.63) is 59.7 Å². The Morgan fingerprint density at radius 2 is 1.84 bits per heavy atom. The van der Waals surface area contributed by atoms with Crippen molar-refractivity contribution >= 4 is 35.8 Å². The molecule has 0 aromatic heterocycles. The number of ether oxygens (including phenoxy) is 2. The summed E-state index contributed by atoms with van der Waals surface area (Å²) in [7, 11) is 1.76. The van der Waals surface area contributed by atoms with Gasteiger partial charge in [0, 0.05) is 25.7 Å². The van der Waals surface area contributed by atoms with Crippen molar-refractivity contribution in [3.63, 3.8) is 0 Å². The molecule has 168 valence electrons. The lowest BCUT2D eigenvalue weighted by Gasteiger charge is -2.15. The van der Waals surface area contributed by atoms with Gasteiger partial charge in [0.15, 0.2) is 12.6 Å². The Kier molecular flexibility index (Phi) is 10.4. The summed E-state index contributed by atoms with van der Waals surface area (Å²) in [6, 6.07) is 15.7. The summed E-state index contributed by atoms with van der Waals surface area (Å²) in [5, 5.41) is 6.68. The number of halogens is 1. The molecule has 7 nitrogen and oxygen atoms in total. The minimum atomic E-state index is -0.487. The third kappa shape index (κ3) is 9.04. The summed E-state index contributed by atoms with van der Waals surface area (Å²) in [5.74, 6) is 2.55. The van der Waals surface area contributed by atoms with E-state index >= 15 is 0 Å². The molecule has 0 radical (unpaired) electrons. The molecule has 1 fully saturated rings. The molecule has 1 aliphatic rings. The number of hydrogen-bond acceptors (Lipinski definition) is 4. The smallest absolute Gasteiger partial charge is 0.255 e. The number of hydrogen-bond donors (Lipinski definition) is 3. The quantitative estimate of drug-likeness (QED) is 0.232. The molecule has 0 bridgehead atoms. The van der Waals surface area contributed by atoms with Crippen LogP contribution in [-0.2, 0) is 17.8 Å². The summed E-state index contributed by atoms with van der Waals surface area (Å²) in [4.78, 5) is 15.1. The SMILES string of the molecule is CN=C(NCCc1ccc(OCC(N)=O)cc1)NCc1ccccc1OCC1CC1.I. The summed E-state index contributed by atoms with van der Waals surface area (Å²) >= 11 is 0. The minimum Gasteiger partial charge on any atom is -0.493 e. The average molecular weight is 538 g/mol. The maximum absolute atomic E-state index is 10.8. The second kappa shape index (κ2) is 13.0. The van der Waals surface area contributed by atoms with Crippen molar-refractivity contribution in [1.82, 2.24) is 10.6 Å². The van der Waals surface area contributed by atoms with Crippen LogP contribution in [-0.4, -0.2) is 38.7 Å². The van der Waals surface area contributed by atoms with Gasteiger partial charge in [-0.25, -0.2) is 0 Å². The number of nitrogens with two attached hydrogens (primary N) is 1. The van der Waals surface area contributed by atoms with Crippen LogP contribution in [0.15, 0.2) is 53.5 Å². The fourth-order valence-electron chi connectivity index (χ4n) is 2.91. The molecule has 31 heavy (non-hydrogen) atoms. The summed E-state index contributed by atoms with van der Waals surface area (Å²) in [6.07, 6.45) is 3.39. The van der Waals surface area contributed by atoms with Gasteiger partial charge in [0.25, 0.3) is 5.91 Å². The maximum atomic E-state index is 10.8.